The largest absolute Gasteiger partial charge is 0.480 e. The Morgan fingerprint density at radius 3 is 2.47 bits per heavy atom. The predicted molar refractivity (Wildman–Crippen MR) is 69.4 cm³/mol. The van der Waals surface area contributed by atoms with Gasteiger partial charge in [-0.15, -0.1) is 19.0 Å². The Kier molecular flexibility index (Phi) is 10.9. The van der Waals surface area contributed by atoms with E-state index in [1.165, 1.54) is 0 Å². The molecule has 0 fully saturated rings. The third-order valence-corrected chi connectivity index (χ3v) is 2.14. The minimum absolute atomic E-state index is 0. The molecule has 0 saturated carbocycles. The molecule has 0 aromatic carbocycles. The molecule has 0 spiro atoms. The average molecular weight is 265 g/mol. The molecule has 2 unspecified atom stereocenters. The molecule has 0 aromatic heterocycles. The van der Waals surface area contributed by atoms with Gasteiger partial charge in [0.1, 0.15) is 6.04 Å². The molecule has 2 atom stereocenters. The van der Waals surface area contributed by atoms with E-state index < -0.39 is 18.1 Å². The number of hydrogen-bond donors (Lipinski definition) is 3. The summed E-state index contributed by atoms with van der Waals surface area (Å²) in [7, 11) is 0. The van der Waals surface area contributed by atoms with Gasteiger partial charge in [-0.1, -0.05) is 19.4 Å². The maximum atomic E-state index is 11.4. The van der Waals surface area contributed by atoms with Crippen molar-refractivity contribution >= 4 is 24.3 Å². The van der Waals surface area contributed by atoms with Crippen LogP contribution in [0.15, 0.2) is 12.7 Å². The van der Waals surface area contributed by atoms with Crippen molar-refractivity contribution in [3.8, 4) is 0 Å². The van der Waals surface area contributed by atoms with E-state index in [0.717, 1.165) is 6.42 Å². The monoisotopic (exact) mass is 264 g/mol. The van der Waals surface area contributed by atoms with E-state index in [0.29, 0.717) is 13.0 Å². The third-order valence-electron chi connectivity index (χ3n) is 2.14. The quantitative estimate of drug-likeness (QED) is 0.570. The van der Waals surface area contributed by atoms with Gasteiger partial charge in [-0.05, 0) is 13.3 Å². The number of halogens is 1. The van der Waals surface area contributed by atoms with Crippen LogP contribution in [0.2, 0.25) is 0 Å². The molecule has 0 radical (unpaired) electrons. The molecular weight excluding hydrogens is 244 g/mol. The topological polar surface area (TPSA) is 78.4 Å². The standard InChI is InChI=1S/C11H20N2O3.ClH/c1-4-6-9(11(15)16)13-8(3)10(14)12-7-5-2;/h5,8-9,13H,2,4,6-7H2,1,3H3,(H,12,14)(H,15,16);1H. The summed E-state index contributed by atoms with van der Waals surface area (Å²) in [5.74, 6) is -1.15. The summed E-state index contributed by atoms with van der Waals surface area (Å²) < 4.78 is 0. The molecule has 17 heavy (non-hydrogen) atoms. The van der Waals surface area contributed by atoms with E-state index in [1.54, 1.807) is 13.0 Å². The lowest BCUT2D eigenvalue weighted by Gasteiger charge is -2.18. The molecule has 0 rings (SSSR count). The molecule has 0 bridgehead atoms. The minimum atomic E-state index is -0.926. The number of carboxylic acids is 1. The highest BCUT2D eigenvalue weighted by Crippen LogP contribution is 1.98. The van der Waals surface area contributed by atoms with Gasteiger partial charge in [-0.3, -0.25) is 14.9 Å². The summed E-state index contributed by atoms with van der Waals surface area (Å²) in [5, 5.41) is 14.3. The smallest absolute Gasteiger partial charge is 0.320 e. The number of carboxylic acid groups (broad SMARTS) is 1. The first-order chi connectivity index (χ1) is 7.52. The number of hydrogen-bond acceptors (Lipinski definition) is 3. The van der Waals surface area contributed by atoms with Crippen molar-refractivity contribution in [3.05, 3.63) is 12.7 Å². The van der Waals surface area contributed by atoms with Crippen LogP contribution in [0.5, 0.6) is 0 Å². The Labute approximate surface area is 108 Å². The van der Waals surface area contributed by atoms with E-state index >= 15 is 0 Å². The fourth-order valence-electron chi connectivity index (χ4n) is 1.27. The second kappa shape index (κ2) is 10.1. The van der Waals surface area contributed by atoms with Crippen LogP contribution in [0.25, 0.3) is 0 Å². The number of carbonyl (C=O) groups excluding carboxylic acids is 1. The predicted octanol–water partition coefficient (Wildman–Crippen LogP) is 0.942. The molecule has 0 aliphatic carbocycles. The lowest BCUT2D eigenvalue weighted by Crippen LogP contribution is -2.49. The number of nitrogens with one attached hydrogen (secondary N) is 2. The van der Waals surface area contributed by atoms with E-state index in [4.69, 9.17) is 5.11 Å². The highest BCUT2D eigenvalue weighted by Gasteiger charge is 2.21. The van der Waals surface area contributed by atoms with Crippen LogP contribution in [-0.2, 0) is 9.59 Å². The number of rotatable bonds is 8. The van der Waals surface area contributed by atoms with Crippen LogP contribution in [0.4, 0.5) is 0 Å². The highest BCUT2D eigenvalue weighted by molar-refractivity contribution is 5.85. The van der Waals surface area contributed by atoms with Gasteiger partial charge in [0.05, 0.1) is 6.04 Å². The minimum Gasteiger partial charge on any atom is -0.480 e. The van der Waals surface area contributed by atoms with E-state index in [1.807, 2.05) is 6.92 Å². The van der Waals surface area contributed by atoms with Crippen molar-refractivity contribution in [2.24, 2.45) is 0 Å². The SMILES string of the molecule is C=CCNC(=O)C(C)NC(CCC)C(=O)O.Cl. The zero-order valence-electron chi connectivity index (χ0n) is 10.2. The Balaban J connectivity index is 0. The lowest BCUT2D eigenvalue weighted by atomic mass is 10.1. The molecule has 0 aliphatic rings. The van der Waals surface area contributed by atoms with Gasteiger partial charge < -0.3 is 10.4 Å². The molecule has 6 heteroatoms. The van der Waals surface area contributed by atoms with Crippen molar-refractivity contribution in [1.82, 2.24) is 10.6 Å². The van der Waals surface area contributed by atoms with Gasteiger partial charge in [-0.25, -0.2) is 0 Å². The summed E-state index contributed by atoms with van der Waals surface area (Å²) in [6.45, 7) is 7.41. The maximum Gasteiger partial charge on any atom is 0.320 e. The Bertz CT molecular complexity index is 259. The fraction of sp³-hybridized carbons (Fsp3) is 0.636. The van der Waals surface area contributed by atoms with Crippen LogP contribution < -0.4 is 10.6 Å². The summed E-state index contributed by atoms with van der Waals surface area (Å²) >= 11 is 0. The van der Waals surface area contributed by atoms with Crippen LogP contribution in [-0.4, -0.2) is 35.6 Å². The molecule has 5 nitrogen and oxygen atoms in total. The summed E-state index contributed by atoms with van der Waals surface area (Å²) in [4.78, 5) is 22.3. The van der Waals surface area contributed by atoms with Crippen LogP contribution in [0.3, 0.4) is 0 Å². The van der Waals surface area contributed by atoms with Gasteiger partial charge >= 0.3 is 5.97 Å². The normalized spacial score (nSPS) is 13.1. The van der Waals surface area contributed by atoms with Gasteiger partial charge in [0.15, 0.2) is 0 Å². The van der Waals surface area contributed by atoms with Crippen molar-refractivity contribution in [3.63, 3.8) is 0 Å². The van der Waals surface area contributed by atoms with E-state index in [-0.39, 0.29) is 18.3 Å². The Morgan fingerprint density at radius 1 is 1.47 bits per heavy atom. The number of carbonyl (C=O) groups is 2. The Hall–Kier alpha value is -1.07. The molecule has 100 valence electrons. The average Bonchev–Trinajstić information content (AvgIpc) is 2.24. The molecule has 1 amide bonds. The first kappa shape index (κ1) is 18.3. The van der Waals surface area contributed by atoms with Gasteiger partial charge in [-0.2, -0.15) is 0 Å². The first-order valence-electron chi connectivity index (χ1n) is 5.40. The third kappa shape index (κ3) is 7.76. The van der Waals surface area contributed by atoms with E-state index in [2.05, 4.69) is 17.2 Å². The van der Waals surface area contributed by atoms with Crippen molar-refractivity contribution in [1.29, 1.82) is 0 Å². The molecule has 3 N–H and O–H groups in total. The van der Waals surface area contributed by atoms with Crippen LogP contribution >= 0.6 is 12.4 Å². The molecule has 0 aliphatic heterocycles. The van der Waals surface area contributed by atoms with E-state index in [9.17, 15) is 9.59 Å². The van der Waals surface area contributed by atoms with Crippen molar-refractivity contribution in [2.45, 2.75) is 38.8 Å². The zero-order chi connectivity index (χ0) is 12.6. The van der Waals surface area contributed by atoms with Gasteiger partial charge in [0.2, 0.25) is 5.91 Å². The maximum absolute atomic E-state index is 11.4. The summed E-state index contributed by atoms with van der Waals surface area (Å²) in [6.07, 6.45) is 2.84. The molecule has 0 saturated heterocycles. The second-order valence-corrected chi connectivity index (χ2v) is 3.60. The van der Waals surface area contributed by atoms with Crippen molar-refractivity contribution < 1.29 is 14.7 Å². The van der Waals surface area contributed by atoms with Gasteiger partial charge in [0, 0.05) is 6.54 Å². The molecular formula is C11H21ClN2O3. The lowest BCUT2D eigenvalue weighted by molar-refractivity contribution is -0.140. The first-order valence-corrected chi connectivity index (χ1v) is 5.40. The molecule has 0 heterocycles. The summed E-state index contributed by atoms with van der Waals surface area (Å²) in [6, 6.07) is -1.19. The Morgan fingerprint density at radius 2 is 2.06 bits per heavy atom. The summed E-state index contributed by atoms with van der Waals surface area (Å²) in [5.41, 5.74) is 0. The fourth-order valence-corrected chi connectivity index (χ4v) is 1.27. The second-order valence-electron chi connectivity index (χ2n) is 3.60. The molecule has 0 aromatic rings. The van der Waals surface area contributed by atoms with Crippen molar-refractivity contribution in [2.75, 3.05) is 6.54 Å². The van der Waals surface area contributed by atoms with Crippen LogP contribution in [0.1, 0.15) is 26.7 Å². The zero-order valence-corrected chi connectivity index (χ0v) is 11.0. The van der Waals surface area contributed by atoms with Crippen LogP contribution in [0, 0.1) is 0 Å². The van der Waals surface area contributed by atoms with Gasteiger partial charge in [0.25, 0.3) is 0 Å². The number of amides is 1. The number of aliphatic carboxylic acids is 1. The highest BCUT2D eigenvalue weighted by atomic mass is 35.5.